The average Bonchev–Trinajstić information content (AvgIpc) is 3.30. The molecule has 1 aromatic carbocycles. The lowest BCUT2D eigenvalue weighted by Gasteiger charge is -2.15. The Balaban J connectivity index is 2.04. The van der Waals surface area contributed by atoms with Crippen molar-refractivity contribution in [1.82, 2.24) is 18.4 Å². The smallest absolute Gasteiger partial charge is 0.267 e. The summed E-state index contributed by atoms with van der Waals surface area (Å²) in [4.78, 5) is 13.0. The van der Waals surface area contributed by atoms with Gasteiger partial charge in [-0.2, -0.15) is 14.1 Å². The van der Waals surface area contributed by atoms with Gasteiger partial charge in [0.25, 0.3) is 5.91 Å². The fraction of sp³-hybridized carbons (Fsp3) is 0.444. The van der Waals surface area contributed by atoms with E-state index in [0.29, 0.717) is 13.1 Å². The third-order valence-corrected chi connectivity index (χ3v) is 8.90. The van der Waals surface area contributed by atoms with Crippen molar-refractivity contribution in [3.63, 3.8) is 0 Å². The van der Waals surface area contributed by atoms with Crippen LogP contribution in [0.25, 0.3) is 0 Å². The highest BCUT2D eigenvalue weighted by Crippen LogP contribution is 2.27. The molecule has 1 aliphatic heterocycles. The summed E-state index contributed by atoms with van der Waals surface area (Å²) in [6.07, 6.45) is 1.61. The van der Waals surface area contributed by atoms with Crippen molar-refractivity contribution in [2.24, 2.45) is 0 Å². The Kier molecular flexibility index (Phi) is 5.69. The molecular formula is C18H24N4O5S2. The molecule has 2 aromatic rings. The molecule has 1 fully saturated rings. The van der Waals surface area contributed by atoms with E-state index in [9.17, 15) is 21.6 Å². The van der Waals surface area contributed by atoms with Gasteiger partial charge in [0.2, 0.25) is 20.0 Å². The van der Waals surface area contributed by atoms with E-state index in [0.717, 1.165) is 21.8 Å². The first-order valence-electron chi connectivity index (χ1n) is 9.11. The lowest BCUT2D eigenvalue weighted by atomic mass is 10.2. The summed E-state index contributed by atoms with van der Waals surface area (Å²) in [7, 11) is -4.65. The number of aromatic nitrogens is 2. The Morgan fingerprint density at radius 3 is 2.28 bits per heavy atom. The molecule has 0 amide bonds. The van der Waals surface area contributed by atoms with Crippen LogP contribution in [0.1, 0.15) is 34.6 Å². The van der Waals surface area contributed by atoms with Crippen LogP contribution >= 0.6 is 0 Å². The number of carbonyl (C=O) groups is 1. The first kappa shape index (κ1) is 21.6. The summed E-state index contributed by atoms with van der Waals surface area (Å²) in [6.45, 7) is 3.98. The molecule has 0 unspecified atom stereocenters. The molecule has 0 radical (unpaired) electrons. The predicted molar refractivity (Wildman–Crippen MR) is 107 cm³/mol. The van der Waals surface area contributed by atoms with E-state index in [4.69, 9.17) is 0 Å². The zero-order chi connectivity index (χ0) is 21.6. The molecule has 1 aromatic heterocycles. The van der Waals surface area contributed by atoms with Crippen LogP contribution in [0.5, 0.6) is 0 Å². The van der Waals surface area contributed by atoms with Gasteiger partial charge in [-0.3, -0.25) is 4.79 Å². The van der Waals surface area contributed by atoms with Gasteiger partial charge in [0, 0.05) is 32.7 Å². The van der Waals surface area contributed by atoms with Gasteiger partial charge in [-0.05, 0) is 44.9 Å². The minimum Gasteiger partial charge on any atom is -0.267 e. The van der Waals surface area contributed by atoms with Crippen molar-refractivity contribution in [2.45, 2.75) is 36.5 Å². The Morgan fingerprint density at radius 2 is 1.69 bits per heavy atom. The molecule has 158 valence electrons. The van der Waals surface area contributed by atoms with Crippen LogP contribution < -0.4 is 0 Å². The minimum absolute atomic E-state index is 0.0280. The number of carbonyl (C=O) groups excluding carboxylic acids is 1. The van der Waals surface area contributed by atoms with Gasteiger partial charge in [0.15, 0.2) is 0 Å². The fourth-order valence-electron chi connectivity index (χ4n) is 3.38. The molecule has 0 saturated carbocycles. The number of sulfonamides is 2. The second kappa shape index (κ2) is 7.63. The molecular weight excluding hydrogens is 416 g/mol. The van der Waals surface area contributed by atoms with Crippen molar-refractivity contribution in [2.75, 3.05) is 27.2 Å². The number of aryl methyl sites for hydroxylation is 1. The van der Waals surface area contributed by atoms with Crippen molar-refractivity contribution >= 4 is 26.0 Å². The highest BCUT2D eigenvalue weighted by Gasteiger charge is 2.33. The Bertz CT molecular complexity index is 1160. The van der Waals surface area contributed by atoms with Gasteiger partial charge in [-0.1, -0.05) is 6.07 Å². The van der Waals surface area contributed by atoms with E-state index in [-0.39, 0.29) is 26.7 Å². The zero-order valence-electron chi connectivity index (χ0n) is 16.8. The molecule has 9 nitrogen and oxygen atoms in total. The normalized spacial score (nSPS) is 15.9. The molecule has 3 rings (SSSR count). The number of benzene rings is 1. The molecule has 29 heavy (non-hydrogen) atoms. The van der Waals surface area contributed by atoms with Crippen LogP contribution in [-0.2, 0) is 20.0 Å². The van der Waals surface area contributed by atoms with Gasteiger partial charge in [-0.25, -0.2) is 21.1 Å². The van der Waals surface area contributed by atoms with Crippen molar-refractivity contribution < 1.29 is 21.6 Å². The Morgan fingerprint density at radius 1 is 1.07 bits per heavy atom. The van der Waals surface area contributed by atoms with Gasteiger partial charge in [0.1, 0.15) is 4.90 Å². The highest BCUT2D eigenvalue weighted by molar-refractivity contribution is 7.89. The molecule has 0 aliphatic carbocycles. The summed E-state index contributed by atoms with van der Waals surface area (Å²) >= 11 is 0. The van der Waals surface area contributed by atoms with E-state index in [1.165, 1.54) is 49.6 Å². The fourth-order valence-corrected chi connectivity index (χ4v) is 6.20. The van der Waals surface area contributed by atoms with Gasteiger partial charge in [-0.15, -0.1) is 0 Å². The maximum atomic E-state index is 13.0. The van der Waals surface area contributed by atoms with Crippen LogP contribution in [0.15, 0.2) is 34.1 Å². The van der Waals surface area contributed by atoms with Crippen molar-refractivity contribution in [3.05, 3.63) is 41.2 Å². The monoisotopic (exact) mass is 440 g/mol. The minimum atomic E-state index is -3.74. The van der Waals surface area contributed by atoms with Gasteiger partial charge in [0.05, 0.1) is 16.3 Å². The predicted octanol–water partition coefficient (Wildman–Crippen LogP) is 1.22. The summed E-state index contributed by atoms with van der Waals surface area (Å²) in [5.74, 6) is -0.593. The third kappa shape index (κ3) is 3.75. The molecule has 0 spiro atoms. The quantitative estimate of drug-likeness (QED) is 0.692. The lowest BCUT2D eigenvalue weighted by molar-refractivity contribution is 0.0942. The van der Waals surface area contributed by atoms with E-state index in [1.54, 1.807) is 6.92 Å². The van der Waals surface area contributed by atoms with E-state index in [2.05, 4.69) is 5.10 Å². The first-order chi connectivity index (χ1) is 13.5. The van der Waals surface area contributed by atoms with E-state index < -0.39 is 26.0 Å². The molecule has 0 atom stereocenters. The SMILES string of the molecule is Cc1nn(C(=O)c2cccc(S(=O)(=O)N(C)C)c2)c(C)c1S(=O)(=O)N1CCCC1. The highest BCUT2D eigenvalue weighted by atomic mass is 32.2. The average molecular weight is 441 g/mol. The maximum absolute atomic E-state index is 13.0. The molecule has 1 saturated heterocycles. The summed E-state index contributed by atoms with van der Waals surface area (Å²) in [5, 5.41) is 4.15. The number of nitrogens with zero attached hydrogens (tertiary/aromatic N) is 4. The van der Waals surface area contributed by atoms with Crippen LogP contribution in [0, 0.1) is 13.8 Å². The molecule has 1 aliphatic rings. The summed E-state index contributed by atoms with van der Waals surface area (Å²) in [5.41, 5.74) is 0.545. The standard InChI is InChI=1S/C18H24N4O5S2/c1-13-17(29(26,27)21-10-5-6-11-21)14(2)22(19-13)18(23)15-8-7-9-16(12-15)28(24,25)20(3)4/h7-9,12H,5-6,10-11H2,1-4H3. The topological polar surface area (TPSA) is 110 Å². The first-order valence-corrected chi connectivity index (χ1v) is 12.0. The van der Waals surface area contributed by atoms with Crippen molar-refractivity contribution in [3.8, 4) is 0 Å². The number of rotatable bonds is 5. The van der Waals surface area contributed by atoms with E-state index in [1.807, 2.05) is 0 Å². The zero-order valence-corrected chi connectivity index (χ0v) is 18.4. The maximum Gasteiger partial charge on any atom is 0.278 e. The largest absolute Gasteiger partial charge is 0.278 e. The third-order valence-electron chi connectivity index (χ3n) is 4.94. The molecule has 2 heterocycles. The Hall–Kier alpha value is -2.08. The van der Waals surface area contributed by atoms with Crippen molar-refractivity contribution in [1.29, 1.82) is 0 Å². The second-order valence-corrected chi connectivity index (χ2v) is 11.2. The second-order valence-electron chi connectivity index (χ2n) is 7.14. The number of hydrogen-bond acceptors (Lipinski definition) is 6. The van der Waals surface area contributed by atoms with Crippen LogP contribution in [0.3, 0.4) is 0 Å². The molecule has 0 N–H and O–H groups in total. The summed E-state index contributed by atoms with van der Waals surface area (Å²) < 4.78 is 54.2. The Labute approximate surface area is 171 Å². The van der Waals surface area contributed by atoms with Crippen LogP contribution in [0.2, 0.25) is 0 Å². The number of hydrogen-bond donors (Lipinski definition) is 0. The molecule has 11 heteroatoms. The van der Waals surface area contributed by atoms with E-state index >= 15 is 0 Å². The lowest BCUT2D eigenvalue weighted by Crippen LogP contribution is -2.29. The summed E-state index contributed by atoms with van der Waals surface area (Å²) in [6, 6.07) is 5.61. The molecule has 0 bridgehead atoms. The van der Waals surface area contributed by atoms with Gasteiger partial charge < -0.3 is 0 Å². The van der Waals surface area contributed by atoms with Crippen LogP contribution in [-0.4, -0.2) is 68.3 Å². The van der Waals surface area contributed by atoms with Crippen LogP contribution in [0.4, 0.5) is 0 Å². The van der Waals surface area contributed by atoms with Gasteiger partial charge >= 0.3 is 0 Å².